The first-order valence-electron chi connectivity index (χ1n) is 6.06. The number of halogens is 2. The molecule has 2 aromatic rings. The van der Waals surface area contributed by atoms with Gasteiger partial charge in [-0.15, -0.1) is 0 Å². The van der Waals surface area contributed by atoms with Crippen molar-refractivity contribution in [2.45, 2.75) is 13.0 Å². The molecule has 5 nitrogen and oxygen atoms in total. The Morgan fingerprint density at radius 1 is 1.29 bits per heavy atom. The van der Waals surface area contributed by atoms with Crippen molar-refractivity contribution in [1.82, 2.24) is 0 Å². The van der Waals surface area contributed by atoms with E-state index in [2.05, 4.69) is 0 Å². The molecule has 0 aromatic heterocycles. The van der Waals surface area contributed by atoms with Crippen molar-refractivity contribution in [3.8, 4) is 11.5 Å². The highest BCUT2D eigenvalue weighted by Gasteiger charge is 2.22. The first-order valence-corrected chi connectivity index (χ1v) is 6.06. The molecule has 0 amide bonds. The summed E-state index contributed by atoms with van der Waals surface area (Å²) in [5.74, 6) is -1.88. The molecule has 0 bridgehead atoms. The molecule has 0 aliphatic rings. The monoisotopic (exact) mass is 294 g/mol. The van der Waals surface area contributed by atoms with Crippen molar-refractivity contribution >= 4 is 5.69 Å². The number of ether oxygens (including phenoxy) is 1. The Morgan fingerprint density at radius 2 is 2.00 bits per heavy atom. The second kappa shape index (κ2) is 5.84. The number of rotatable bonds is 4. The maximum absolute atomic E-state index is 13.8. The molecule has 0 fully saturated rings. The Kier molecular flexibility index (Phi) is 4.13. The summed E-state index contributed by atoms with van der Waals surface area (Å²) in [4.78, 5) is 10.2. The summed E-state index contributed by atoms with van der Waals surface area (Å²) >= 11 is 0. The number of nitrogens with zero attached hydrogens (tertiary/aromatic N) is 1. The van der Waals surface area contributed by atoms with Gasteiger partial charge in [0.25, 0.3) is 0 Å². The average molecular weight is 294 g/mol. The van der Waals surface area contributed by atoms with Gasteiger partial charge in [-0.05, 0) is 31.2 Å². The molecule has 2 N–H and O–H groups in total. The lowest BCUT2D eigenvalue weighted by Gasteiger charge is -2.14. The second-order valence-corrected chi connectivity index (χ2v) is 4.42. The molecule has 21 heavy (non-hydrogen) atoms. The standard InChI is InChI=1S/C14H12F2N2O3/c1-8(17)10-7-9(15)5-6-13(10)21-14-11(16)3-2-4-12(14)18(19)20/h2-8H,17H2,1H3. The highest BCUT2D eigenvalue weighted by Crippen LogP contribution is 2.36. The first-order chi connectivity index (χ1) is 9.90. The van der Waals surface area contributed by atoms with Crippen LogP contribution in [0.2, 0.25) is 0 Å². The quantitative estimate of drug-likeness (QED) is 0.689. The van der Waals surface area contributed by atoms with E-state index in [1.807, 2.05) is 0 Å². The molecule has 0 aliphatic heterocycles. The smallest absolute Gasteiger partial charge is 0.314 e. The third-order valence-corrected chi connectivity index (χ3v) is 2.82. The van der Waals surface area contributed by atoms with Crippen molar-refractivity contribution in [2.24, 2.45) is 5.73 Å². The number of hydrogen-bond donors (Lipinski definition) is 1. The van der Waals surface area contributed by atoms with E-state index in [1.54, 1.807) is 6.92 Å². The summed E-state index contributed by atoms with van der Waals surface area (Å²) in [6.45, 7) is 1.59. The van der Waals surface area contributed by atoms with E-state index in [0.717, 1.165) is 24.3 Å². The third kappa shape index (κ3) is 3.14. The molecule has 110 valence electrons. The highest BCUT2D eigenvalue weighted by atomic mass is 19.1. The van der Waals surface area contributed by atoms with E-state index in [9.17, 15) is 18.9 Å². The maximum atomic E-state index is 13.8. The van der Waals surface area contributed by atoms with Crippen LogP contribution in [-0.4, -0.2) is 4.92 Å². The van der Waals surface area contributed by atoms with Gasteiger partial charge in [-0.1, -0.05) is 6.07 Å². The van der Waals surface area contributed by atoms with Crippen LogP contribution in [0.15, 0.2) is 36.4 Å². The van der Waals surface area contributed by atoms with Crippen molar-refractivity contribution in [2.75, 3.05) is 0 Å². The number of benzene rings is 2. The molecule has 0 heterocycles. The van der Waals surface area contributed by atoms with Crippen molar-refractivity contribution < 1.29 is 18.4 Å². The van der Waals surface area contributed by atoms with Crippen LogP contribution in [0.3, 0.4) is 0 Å². The van der Waals surface area contributed by atoms with Gasteiger partial charge in [0.1, 0.15) is 11.6 Å². The van der Waals surface area contributed by atoms with E-state index in [1.165, 1.54) is 12.1 Å². The highest BCUT2D eigenvalue weighted by molar-refractivity contribution is 5.50. The lowest BCUT2D eigenvalue weighted by Crippen LogP contribution is -2.08. The van der Waals surface area contributed by atoms with Gasteiger partial charge in [0.15, 0.2) is 5.82 Å². The van der Waals surface area contributed by atoms with Gasteiger partial charge in [-0.3, -0.25) is 10.1 Å². The predicted molar refractivity (Wildman–Crippen MR) is 72.1 cm³/mol. The van der Waals surface area contributed by atoms with Crippen LogP contribution in [0.4, 0.5) is 14.5 Å². The molecule has 0 spiro atoms. The molecular weight excluding hydrogens is 282 g/mol. The Bertz CT molecular complexity index is 690. The summed E-state index contributed by atoms with van der Waals surface area (Å²) in [5, 5.41) is 10.9. The van der Waals surface area contributed by atoms with Gasteiger partial charge in [-0.25, -0.2) is 8.78 Å². The minimum atomic E-state index is -0.885. The van der Waals surface area contributed by atoms with Crippen LogP contribution < -0.4 is 10.5 Å². The van der Waals surface area contributed by atoms with Gasteiger partial charge >= 0.3 is 5.69 Å². The van der Waals surface area contributed by atoms with E-state index in [4.69, 9.17) is 10.5 Å². The second-order valence-electron chi connectivity index (χ2n) is 4.42. The maximum Gasteiger partial charge on any atom is 0.314 e. The summed E-state index contributed by atoms with van der Waals surface area (Å²) < 4.78 is 32.3. The first kappa shape index (κ1) is 14.9. The van der Waals surface area contributed by atoms with Crippen LogP contribution in [0.1, 0.15) is 18.5 Å². The van der Waals surface area contributed by atoms with Crippen LogP contribution in [0, 0.1) is 21.7 Å². The van der Waals surface area contributed by atoms with Gasteiger partial charge in [-0.2, -0.15) is 0 Å². The van der Waals surface area contributed by atoms with Gasteiger partial charge in [0.2, 0.25) is 5.75 Å². The number of nitro benzene ring substituents is 1. The zero-order valence-corrected chi connectivity index (χ0v) is 11.0. The topological polar surface area (TPSA) is 78.4 Å². The molecule has 0 saturated carbocycles. The minimum absolute atomic E-state index is 0.0691. The molecule has 2 rings (SSSR count). The van der Waals surface area contributed by atoms with Gasteiger partial charge in [0, 0.05) is 17.7 Å². The predicted octanol–water partition coefficient (Wildman–Crippen LogP) is 3.69. The Balaban J connectivity index is 2.51. The third-order valence-electron chi connectivity index (χ3n) is 2.82. The van der Waals surface area contributed by atoms with Crippen LogP contribution in [0.25, 0.3) is 0 Å². The fourth-order valence-corrected chi connectivity index (χ4v) is 1.82. The fourth-order valence-electron chi connectivity index (χ4n) is 1.82. The number of para-hydroxylation sites is 1. The largest absolute Gasteiger partial charge is 0.447 e. The number of nitro groups is 1. The van der Waals surface area contributed by atoms with Crippen molar-refractivity contribution in [3.05, 3.63) is 63.7 Å². The lowest BCUT2D eigenvalue weighted by molar-refractivity contribution is -0.385. The summed E-state index contributed by atoms with van der Waals surface area (Å²) in [6.07, 6.45) is 0. The number of hydrogen-bond acceptors (Lipinski definition) is 4. The SMILES string of the molecule is CC(N)c1cc(F)ccc1Oc1c(F)cccc1[N+](=O)[O-]. The van der Waals surface area contributed by atoms with Gasteiger partial charge < -0.3 is 10.5 Å². The summed E-state index contributed by atoms with van der Waals surface area (Å²) in [7, 11) is 0. The normalized spacial score (nSPS) is 12.0. The van der Waals surface area contributed by atoms with Crippen LogP contribution >= 0.6 is 0 Å². The van der Waals surface area contributed by atoms with Crippen molar-refractivity contribution in [3.63, 3.8) is 0 Å². The Labute approximate surface area is 119 Å². The van der Waals surface area contributed by atoms with E-state index < -0.39 is 34.0 Å². The molecule has 7 heteroatoms. The Morgan fingerprint density at radius 3 is 2.62 bits per heavy atom. The van der Waals surface area contributed by atoms with Crippen LogP contribution in [0.5, 0.6) is 11.5 Å². The molecular formula is C14H12F2N2O3. The minimum Gasteiger partial charge on any atom is -0.447 e. The molecule has 2 aromatic carbocycles. The molecule has 0 saturated heterocycles. The summed E-state index contributed by atoms with van der Waals surface area (Å²) in [6, 6.07) is 6.29. The molecule has 0 aliphatic carbocycles. The molecule has 1 atom stereocenters. The molecule has 1 unspecified atom stereocenters. The average Bonchev–Trinajstić information content (AvgIpc) is 2.42. The molecule has 0 radical (unpaired) electrons. The Hall–Kier alpha value is -2.54. The summed E-state index contributed by atoms with van der Waals surface area (Å²) in [5.41, 5.74) is 5.46. The number of nitrogens with two attached hydrogens (primary N) is 1. The van der Waals surface area contributed by atoms with E-state index >= 15 is 0 Å². The van der Waals surface area contributed by atoms with Crippen molar-refractivity contribution in [1.29, 1.82) is 0 Å². The van der Waals surface area contributed by atoms with E-state index in [-0.39, 0.29) is 11.3 Å². The lowest BCUT2D eigenvalue weighted by atomic mass is 10.1. The fraction of sp³-hybridized carbons (Fsp3) is 0.143. The van der Waals surface area contributed by atoms with Gasteiger partial charge in [0.05, 0.1) is 4.92 Å². The zero-order chi connectivity index (χ0) is 15.6. The van der Waals surface area contributed by atoms with Crippen LogP contribution in [-0.2, 0) is 0 Å². The zero-order valence-electron chi connectivity index (χ0n) is 11.0. The van der Waals surface area contributed by atoms with E-state index in [0.29, 0.717) is 0 Å².